The molecule has 1 atom stereocenters. The molecule has 7 heteroatoms. The van der Waals surface area contributed by atoms with E-state index >= 15 is 0 Å². The molecule has 0 fully saturated rings. The van der Waals surface area contributed by atoms with E-state index in [2.05, 4.69) is 34.4 Å². The lowest BCUT2D eigenvalue weighted by Gasteiger charge is -2.21. The van der Waals surface area contributed by atoms with E-state index in [0.717, 1.165) is 45.1 Å². The van der Waals surface area contributed by atoms with Crippen LogP contribution in [0, 0.1) is 11.3 Å². The predicted octanol–water partition coefficient (Wildman–Crippen LogP) is 3.02. The van der Waals surface area contributed by atoms with Gasteiger partial charge in [0.25, 0.3) is 5.91 Å². The number of amides is 1. The molecule has 176 valence electrons. The minimum atomic E-state index is -0.354. The van der Waals surface area contributed by atoms with Gasteiger partial charge in [0.1, 0.15) is 6.33 Å². The quantitative estimate of drug-likeness (QED) is 0.601. The van der Waals surface area contributed by atoms with Crippen LogP contribution < -0.4 is 15.9 Å². The number of nitriles is 1. The number of rotatable bonds is 6. The zero-order chi connectivity index (χ0) is 24.6. The second kappa shape index (κ2) is 11.3. The number of aromatic nitrogens is 3. The minimum absolute atomic E-state index is 0.184. The molecule has 35 heavy (non-hydrogen) atoms. The van der Waals surface area contributed by atoms with Crippen molar-refractivity contribution >= 4 is 18.1 Å². The van der Waals surface area contributed by atoms with E-state index in [1.165, 1.54) is 6.33 Å². The maximum atomic E-state index is 12.9. The molecule has 3 aromatic rings. The summed E-state index contributed by atoms with van der Waals surface area (Å²) in [5.74, 6) is -0.538. The van der Waals surface area contributed by atoms with Crippen LogP contribution in [0.1, 0.15) is 47.7 Å². The summed E-state index contributed by atoms with van der Waals surface area (Å²) in [6.45, 7) is 5.20. The Morgan fingerprint density at radius 3 is 2.89 bits per heavy atom. The third-order valence-corrected chi connectivity index (χ3v) is 5.84. The van der Waals surface area contributed by atoms with Crippen LogP contribution in [0.2, 0.25) is 0 Å². The highest BCUT2D eigenvalue weighted by atomic mass is 16.5. The van der Waals surface area contributed by atoms with Crippen LogP contribution in [0.25, 0.3) is 23.5 Å². The van der Waals surface area contributed by atoms with Gasteiger partial charge in [-0.1, -0.05) is 31.2 Å². The van der Waals surface area contributed by atoms with Gasteiger partial charge in [-0.25, -0.2) is 15.0 Å². The van der Waals surface area contributed by atoms with Gasteiger partial charge in [-0.05, 0) is 65.6 Å². The summed E-state index contributed by atoms with van der Waals surface area (Å²) in [6.07, 6.45) is 10.1. The Balaban J connectivity index is 1.58. The molecule has 0 radical (unpaired) electrons. The first-order valence-corrected chi connectivity index (χ1v) is 11.6. The van der Waals surface area contributed by atoms with Crippen LogP contribution in [-0.4, -0.2) is 34.0 Å². The number of carbonyl (C=O) groups is 1. The molecule has 1 N–H and O–H groups in total. The van der Waals surface area contributed by atoms with Crippen LogP contribution in [0.4, 0.5) is 0 Å². The molecule has 3 heterocycles. The fraction of sp³-hybridized carbons (Fsp3) is 0.250. The van der Waals surface area contributed by atoms with E-state index in [0.29, 0.717) is 25.3 Å². The lowest BCUT2D eigenvalue weighted by atomic mass is 9.92. The number of pyridine rings is 1. The topological polar surface area (TPSA) is 101 Å². The van der Waals surface area contributed by atoms with E-state index in [-0.39, 0.29) is 11.8 Å². The van der Waals surface area contributed by atoms with Crippen molar-refractivity contribution in [1.29, 1.82) is 5.26 Å². The second-order valence-electron chi connectivity index (χ2n) is 8.18. The number of hydrogen-bond acceptors (Lipinski definition) is 6. The fourth-order valence-corrected chi connectivity index (χ4v) is 4.01. The van der Waals surface area contributed by atoms with E-state index in [9.17, 15) is 10.1 Å². The standard InChI is InChI=1S/C28H27N5O2/c1-3-5-19(12-27-20(4-2)8-9-26(33-27)25-10-11-30-18-32-25)15-31-28(34)21-6-7-22-16-35-17-23(14-29)24(22)13-21/h4-13,18,23H,3,15-17H2,1-2H3,(H,31,34)/b19-5-,20-4-,27-12+. The summed E-state index contributed by atoms with van der Waals surface area (Å²) in [5.41, 5.74) is 4.83. The molecule has 2 aromatic heterocycles. The van der Waals surface area contributed by atoms with Crippen molar-refractivity contribution in [3.8, 4) is 17.5 Å². The van der Waals surface area contributed by atoms with Crippen LogP contribution in [-0.2, 0) is 11.3 Å². The number of benzene rings is 1. The van der Waals surface area contributed by atoms with Gasteiger partial charge in [0.2, 0.25) is 0 Å². The van der Waals surface area contributed by atoms with E-state index in [1.54, 1.807) is 12.3 Å². The fourth-order valence-electron chi connectivity index (χ4n) is 4.01. The first-order chi connectivity index (χ1) is 17.1. The average molecular weight is 466 g/mol. The van der Waals surface area contributed by atoms with Crippen LogP contribution in [0.5, 0.6) is 0 Å². The Labute approximate surface area is 204 Å². The Hall–Kier alpha value is -4.15. The SMILES string of the molecule is C/C=c1/ccc(-c2ccncn2)n/c1=C/C(=C/CC)CNC(=O)c1ccc2c(c1)C(C#N)COC2. The number of hydrogen-bond donors (Lipinski definition) is 1. The summed E-state index contributed by atoms with van der Waals surface area (Å²) >= 11 is 0. The van der Waals surface area contributed by atoms with E-state index in [4.69, 9.17) is 9.72 Å². The Kier molecular flexibility index (Phi) is 7.76. The van der Waals surface area contributed by atoms with Gasteiger partial charge >= 0.3 is 0 Å². The number of nitrogens with one attached hydrogen (secondary N) is 1. The molecule has 1 aliphatic rings. The van der Waals surface area contributed by atoms with Gasteiger partial charge in [-0.15, -0.1) is 0 Å². The molecule has 0 saturated heterocycles. The lowest BCUT2D eigenvalue weighted by Crippen LogP contribution is -2.30. The normalized spacial score (nSPS) is 16.5. The lowest BCUT2D eigenvalue weighted by molar-refractivity contribution is 0.0952. The van der Waals surface area contributed by atoms with Crippen LogP contribution in [0.3, 0.4) is 0 Å². The Bertz CT molecular complexity index is 1410. The van der Waals surface area contributed by atoms with E-state index < -0.39 is 0 Å². The molecule has 0 spiro atoms. The second-order valence-corrected chi connectivity index (χ2v) is 8.18. The molecule has 1 amide bonds. The summed E-state index contributed by atoms with van der Waals surface area (Å²) in [5, 5.41) is 14.2. The zero-order valence-corrected chi connectivity index (χ0v) is 19.9. The molecule has 0 aliphatic carbocycles. The summed E-state index contributed by atoms with van der Waals surface area (Å²) in [7, 11) is 0. The van der Waals surface area contributed by atoms with Crippen molar-refractivity contribution in [3.63, 3.8) is 0 Å². The Morgan fingerprint density at radius 2 is 2.14 bits per heavy atom. The predicted molar refractivity (Wildman–Crippen MR) is 134 cm³/mol. The largest absolute Gasteiger partial charge is 0.375 e. The van der Waals surface area contributed by atoms with E-state index in [1.807, 2.05) is 49.4 Å². The first kappa shape index (κ1) is 24.0. The molecular formula is C28H27N5O2. The molecule has 7 nitrogen and oxygen atoms in total. The molecule has 1 aromatic carbocycles. The van der Waals surface area contributed by atoms with Crippen molar-refractivity contribution in [2.75, 3.05) is 13.2 Å². The minimum Gasteiger partial charge on any atom is -0.375 e. The van der Waals surface area contributed by atoms with Gasteiger partial charge < -0.3 is 10.1 Å². The van der Waals surface area contributed by atoms with Crippen LogP contribution >= 0.6 is 0 Å². The molecular weight excluding hydrogens is 438 g/mol. The smallest absolute Gasteiger partial charge is 0.251 e. The van der Waals surface area contributed by atoms with Gasteiger partial charge in [0, 0.05) is 18.3 Å². The molecule has 1 unspecified atom stereocenters. The number of nitrogens with zero attached hydrogens (tertiary/aromatic N) is 4. The summed E-state index contributed by atoms with van der Waals surface area (Å²) in [6, 6.07) is 13.5. The van der Waals surface area contributed by atoms with Gasteiger partial charge in [0.05, 0.1) is 41.9 Å². The monoisotopic (exact) mass is 465 g/mol. The number of ether oxygens (including phenoxy) is 1. The average Bonchev–Trinajstić information content (AvgIpc) is 2.91. The van der Waals surface area contributed by atoms with Crippen molar-refractivity contribution < 1.29 is 9.53 Å². The van der Waals surface area contributed by atoms with Crippen LogP contribution in [0.15, 0.2) is 60.6 Å². The first-order valence-electron chi connectivity index (χ1n) is 11.6. The molecule has 0 saturated carbocycles. The third-order valence-electron chi connectivity index (χ3n) is 5.84. The number of carbonyl (C=O) groups excluding carboxylic acids is 1. The summed E-state index contributed by atoms with van der Waals surface area (Å²) in [4.78, 5) is 26.0. The highest BCUT2D eigenvalue weighted by Crippen LogP contribution is 2.27. The van der Waals surface area contributed by atoms with Crippen molar-refractivity contribution in [1.82, 2.24) is 20.3 Å². The number of allylic oxidation sites excluding steroid dienone is 1. The van der Waals surface area contributed by atoms with Gasteiger partial charge in [-0.2, -0.15) is 5.26 Å². The summed E-state index contributed by atoms with van der Waals surface area (Å²) < 4.78 is 5.47. The van der Waals surface area contributed by atoms with Crippen molar-refractivity contribution in [2.45, 2.75) is 32.8 Å². The zero-order valence-electron chi connectivity index (χ0n) is 19.9. The molecule has 1 aliphatic heterocycles. The number of fused-ring (bicyclic) bond motifs is 1. The molecule has 4 rings (SSSR count). The van der Waals surface area contributed by atoms with Gasteiger partial charge in [-0.3, -0.25) is 4.79 Å². The third kappa shape index (κ3) is 5.68. The van der Waals surface area contributed by atoms with Crippen molar-refractivity contribution in [2.24, 2.45) is 0 Å². The highest BCUT2D eigenvalue weighted by Gasteiger charge is 2.22. The molecule has 0 bridgehead atoms. The maximum absolute atomic E-state index is 12.9. The highest BCUT2D eigenvalue weighted by molar-refractivity contribution is 5.94. The maximum Gasteiger partial charge on any atom is 0.251 e. The Morgan fingerprint density at radius 1 is 1.26 bits per heavy atom. The van der Waals surface area contributed by atoms with Gasteiger partial charge in [0.15, 0.2) is 0 Å². The van der Waals surface area contributed by atoms with Crippen molar-refractivity contribution in [3.05, 3.63) is 87.8 Å².